The van der Waals surface area contributed by atoms with E-state index < -0.39 is 23.1 Å². The fourth-order valence-corrected chi connectivity index (χ4v) is 3.42. The molecule has 2 aromatic rings. The van der Waals surface area contributed by atoms with Gasteiger partial charge in [-0.15, -0.1) is 0 Å². The first kappa shape index (κ1) is 22.5. The molecule has 0 spiro atoms. The summed E-state index contributed by atoms with van der Waals surface area (Å²) >= 11 is 0. The molecule has 166 valence electrons. The number of halogens is 3. The van der Waals surface area contributed by atoms with Crippen LogP contribution in [0.4, 0.5) is 13.2 Å². The van der Waals surface area contributed by atoms with Crippen LogP contribution in [0.15, 0.2) is 35.1 Å². The molecule has 7 nitrogen and oxygen atoms in total. The SMILES string of the molecule is Cc1cc(=O)c(C(=O)N2CCN(C(=O)C(C)C)CC2)nn1-c1cccc(C(F)(F)F)c1. The van der Waals surface area contributed by atoms with Crippen molar-refractivity contribution in [3.8, 4) is 5.69 Å². The Labute approximate surface area is 177 Å². The Morgan fingerprint density at radius 3 is 2.23 bits per heavy atom. The number of amides is 2. The number of alkyl halides is 3. The van der Waals surface area contributed by atoms with Crippen molar-refractivity contribution in [1.29, 1.82) is 0 Å². The molecular weight excluding hydrogens is 413 g/mol. The van der Waals surface area contributed by atoms with Crippen molar-refractivity contribution in [2.24, 2.45) is 5.92 Å². The van der Waals surface area contributed by atoms with Crippen molar-refractivity contribution in [3.63, 3.8) is 0 Å². The smallest absolute Gasteiger partial charge is 0.339 e. The fourth-order valence-electron chi connectivity index (χ4n) is 3.42. The summed E-state index contributed by atoms with van der Waals surface area (Å²) in [6.45, 7) is 6.30. The highest BCUT2D eigenvalue weighted by Gasteiger charge is 2.31. The first-order chi connectivity index (χ1) is 14.5. The summed E-state index contributed by atoms with van der Waals surface area (Å²) in [5, 5.41) is 4.09. The highest BCUT2D eigenvalue weighted by molar-refractivity contribution is 5.92. The van der Waals surface area contributed by atoms with E-state index in [0.29, 0.717) is 18.8 Å². The summed E-state index contributed by atoms with van der Waals surface area (Å²) < 4.78 is 40.4. The van der Waals surface area contributed by atoms with E-state index in [1.165, 1.54) is 30.0 Å². The molecule has 1 aliphatic heterocycles. The number of aryl methyl sites for hydroxylation is 1. The topological polar surface area (TPSA) is 75.5 Å². The van der Waals surface area contributed by atoms with Gasteiger partial charge >= 0.3 is 6.18 Å². The van der Waals surface area contributed by atoms with Crippen LogP contribution in [0.1, 0.15) is 35.6 Å². The molecule has 10 heteroatoms. The summed E-state index contributed by atoms with van der Waals surface area (Å²) in [5.74, 6) is -0.768. The van der Waals surface area contributed by atoms with Gasteiger partial charge in [-0.25, -0.2) is 4.68 Å². The van der Waals surface area contributed by atoms with Gasteiger partial charge in [0.05, 0.1) is 11.3 Å². The molecule has 2 heterocycles. The van der Waals surface area contributed by atoms with Crippen LogP contribution in [0.25, 0.3) is 5.69 Å². The standard InChI is InChI=1S/C21H23F3N4O3/c1-13(2)19(30)26-7-9-27(10-8-26)20(31)18-17(29)11-14(3)28(25-18)16-6-4-5-15(12-16)21(22,23)24/h4-6,11-13H,7-10H2,1-3H3. The van der Waals surface area contributed by atoms with Crippen molar-refractivity contribution in [1.82, 2.24) is 19.6 Å². The Morgan fingerprint density at radius 2 is 1.65 bits per heavy atom. The zero-order valence-electron chi connectivity index (χ0n) is 17.4. The number of piperazine rings is 1. The Hall–Kier alpha value is -3.17. The lowest BCUT2D eigenvalue weighted by Crippen LogP contribution is -2.52. The zero-order chi connectivity index (χ0) is 22.9. The second kappa shape index (κ2) is 8.52. The highest BCUT2D eigenvalue weighted by Crippen LogP contribution is 2.30. The molecule has 0 N–H and O–H groups in total. The molecule has 0 radical (unpaired) electrons. The number of rotatable bonds is 3. The van der Waals surface area contributed by atoms with Crippen LogP contribution < -0.4 is 5.43 Å². The van der Waals surface area contributed by atoms with Crippen LogP contribution in [0.5, 0.6) is 0 Å². The maximum absolute atomic E-state index is 13.1. The lowest BCUT2D eigenvalue weighted by atomic mass is 10.1. The van der Waals surface area contributed by atoms with Crippen molar-refractivity contribution in [3.05, 3.63) is 57.5 Å². The van der Waals surface area contributed by atoms with Crippen molar-refractivity contribution in [2.45, 2.75) is 26.9 Å². The average Bonchev–Trinajstić information content (AvgIpc) is 2.72. The number of aromatic nitrogens is 2. The minimum absolute atomic E-state index is 0.00698. The van der Waals surface area contributed by atoms with Gasteiger partial charge in [-0.05, 0) is 25.1 Å². The Balaban J connectivity index is 1.88. The summed E-state index contributed by atoms with van der Waals surface area (Å²) in [6.07, 6.45) is -4.53. The molecule has 0 unspecified atom stereocenters. The molecule has 1 aliphatic rings. The van der Waals surface area contributed by atoms with E-state index in [-0.39, 0.29) is 36.3 Å². The van der Waals surface area contributed by atoms with Gasteiger partial charge in [-0.2, -0.15) is 18.3 Å². The van der Waals surface area contributed by atoms with Gasteiger partial charge in [0, 0.05) is 43.9 Å². The monoisotopic (exact) mass is 436 g/mol. The van der Waals surface area contributed by atoms with Gasteiger partial charge in [0.25, 0.3) is 5.91 Å². The molecule has 0 saturated carbocycles. The minimum atomic E-state index is -4.53. The molecule has 31 heavy (non-hydrogen) atoms. The molecule has 1 aromatic carbocycles. The van der Waals surface area contributed by atoms with E-state index in [9.17, 15) is 27.6 Å². The number of carbonyl (C=O) groups excluding carboxylic acids is 2. The molecule has 3 rings (SSSR count). The van der Waals surface area contributed by atoms with Gasteiger partial charge in [0.2, 0.25) is 11.3 Å². The number of hydrogen-bond acceptors (Lipinski definition) is 4. The van der Waals surface area contributed by atoms with Gasteiger partial charge in [-0.3, -0.25) is 14.4 Å². The summed E-state index contributed by atoms with van der Waals surface area (Å²) in [7, 11) is 0. The molecule has 1 saturated heterocycles. The molecule has 0 bridgehead atoms. The molecule has 0 aliphatic carbocycles. The van der Waals surface area contributed by atoms with Gasteiger partial charge in [0.15, 0.2) is 5.69 Å². The number of hydrogen-bond donors (Lipinski definition) is 0. The van der Waals surface area contributed by atoms with Crippen LogP contribution in [0.3, 0.4) is 0 Å². The molecule has 1 fully saturated rings. The minimum Gasteiger partial charge on any atom is -0.339 e. The van der Waals surface area contributed by atoms with Crippen molar-refractivity contribution in [2.75, 3.05) is 26.2 Å². The summed E-state index contributed by atoms with van der Waals surface area (Å²) in [6, 6.07) is 5.69. The summed E-state index contributed by atoms with van der Waals surface area (Å²) in [4.78, 5) is 40.6. The van der Waals surface area contributed by atoms with E-state index in [1.54, 1.807) is 18.7 Å². The van der Waals surface area contributed by atoms with E-state index >= 15 is 0 Å². The molecular formula is C21H23F3N4O3. The maximum atomic E-state index is 13.1. The fraction of sp³-hybridized carbons (Fsp3) is 0.429. The van der Waals surface area contributed by atoms with E-state index in [2.05, 4.69) is 5.10 Å². The second-order valence-corrected chi connectivity index (χ2v) is 7.73. The largest absolute Gasteiger partial charge is 0.416 e. The Morgan fingerprint density at radius 1 is 1.03 bits per heavy atom. The number of carbonyl (C=O) groups is 2. The first-order valence-corrected chi connectivity index (χ1v) is 9.85. The number of benzene rings is 1. The molecule has 1 aromatic heterocycles. The van der Waals surface area contributed by atoms with E-state index in [1.807, 2.05) is 0 Å². The molecule has 0 atom stereocenters. The normalized spacial score (nSPS) is 14.8. The van der Waals surface area contributed by atoms with Crippen molar-refractivity contribution < 1.29 is 22.8 Å². The summed E-state index contributed by atoms with van der Waals surface area (Å²) in [5.41, 5.74) is -1.44. The first-order valence-electron chi connectivity index (χ1n) is 9.85. The predicted octanol–water partition coefficient (Wildman–Crippen LogP) is 2.50. The maximum Gasteiger partial charge on any atom is 0.416 e. The van der Waals surface area contributed by atoms with Crippen molar-refractivity contribution >= 4 is 11.8 Å². The number of nitrogens with zero attached hydrogens (tertiary/aromatic N) is 4. The van der Waals surface area contributed by atoms with Crippen LogP contribution in [-0.2, 0) is 11.0 Å². The zero-order valence-corrected chi connectivity index (χ0v) is 17.4. The van der Waals surface area contributed by atoms with Crippen LogP contribution >= 0.6 is 0 Å². The average molecular weight is 436 g/mol. The van der Waals surface area contributed by atoms with Gasteiger partial charge in [0.1, 0.15) is 0 Å². The van der Waals surface area contributed by atoms with Crippen LogP contribution in [0, 0.1) is 12.8 Å². The Kier molecular flexibility index (Phi) is 6.19. The third-order valence-corrected chi connectivity index (χ3v) is 5.10. The Bertz CT molecular complexity index is 1050. The van der Waals surface area contributed by atoms with Crippen LogP contribution in [0.2, 0.25) is 0 Å². The third-order valence-electron chi connectivity index (χ3n) is 5.10. The second-order valence-electron chi connectivity index (χ2n) is 7.73. The van der Waals surface area contributed by atoms with Gasteiger partial charge in [-0.1, -0.05) is 19.9 Å². The third kappa shape index (κ3) is 4.78. The van der Waals surface area contributed by atoms with Crippen LogP contribution in [-0.4, -0.2) is 57.6 Å². The highest BCUT2D eigenvalue weighted by atomic mass is 19.4. The van der Waals surface area contributed by atoms with E-state index in [0.717, 1.165) is 16.8 Å². The van der Waals surface area contributed by atoms with E-state index in [4.69, 9.17) is 0 Å². The lowest BCUT2D eigenvalue weighted by molar-refractivity contribution is -0.137. The lowest BCUT2D eigenvalue weighted by Gasteiger charge is -2.35. The quantitative estimate of drug-likeness (QED) is 0.741. The predicted molar refractivity (Wildman–Crippen MR) is 107 cm³/mol. The molecule has 2 amide bonds. The van der Waals surface area contributed by atoms with Gasteiger partial charge < -0.3 is 9.80 Å².